The Balaban J connectivity index is 3.70. The zero-order valence-electron chi connectivity index (χ0n) is 5.69. The summed E-state index contributed by atoms with van der Waals surface area (Å²) >= 11 is 0. The molecule has 9 heavy (non-hydrogen) atoms. The third-order valence-electron chi connectivity index (χ3n) is 1.35. The van der Waals surface area contributed by atoms with Gasteiger partial charge in [0.15, 0.2) is 0 Å². The number of aliphatic hydroxyl groups excluding tert-OH is 1. The van der Waals surface area contributed by atoms with Crippen molar-refractivity contribution < 1.29 is 13.9 Å². The number of alkyl halides is 2. The van der Waals surface area contributed by atoms with Crippen molar-refractivity contribution in [3.05, 3.63) is 0 Å². The molecular formula is C6H12F2O. The molecule has 56 valence electrons. The van der Waals surface area contributed by atoms with Crippen molar-refractivity contribution in [1.82, 2.24) is 0 Å². The Bertz CT molecular complexity index is 81.1. The fraction of sp³-hybridized carbons (Fsp3) is 1.00. The highest BCUT2D eigenvalue weighted by Crippen LogP contribution is 2.27. The van der Waals surface area contributed by atoms with E-state index in [0.717, 1.165) is 0 Å². The SMILES string of the molecule is CC(C)(CCO)C(F)F. The van der Waals surface area contributed by atoms with Gasteiger partial charge in [-0.05, 0) is 6.42 Å². The Morgan fingerprint density at radius 3 is 2.00 bits per heavy atom. The third-order valence-corrected chi connectivity index (χ3v) is 1.35. The molecule has 0 heterocycles. The second-order valence-electron chi connectivity index (χ2n) is 2.76. The van der Waals surface area contributed by atoms with E-state index >= 15 is 0 Å². The third kappa shape index (κ3) is 2.75. The molecule has 0 atom stereocenters. The predicted molar refractivity (Wildman–Crippen MR) is 31.5 cm³/mol. The maximum absolute atomic E-state index is 11.9. The standard InChI is InChI=1S/C6H12F2O/c1-6(2,3-4-9)5(7)8/h5,9H,3-4H2,1-2H3. The topological polar surface area (TPSA) is 20.2 Å². The summed E-state index contributed by atoms with van der Waals surface area (Å²) in [5.41, 5.74) is -1.03. The van der Waals surface area contributed by atoms with E-state index in [2.05, 4.69) is 0 Å². The van der Waals surface area contributed by atoms with Crippen LogP contribution in [0.2, 0.25) is 0 Å². The van der Waals surface area contributed by atoms with E-state index in [-0.39, 0.29) is 13.0 Å². The second kappa shape index (κ2) is 3.11. The smallest absolute Gasteiger partial charge is 0.243 e. The van der Waals surface area contributed by atoms with Crippen LogP contribution in [0.3, 0.4) is 0 Å². The normalized spacial score (nSPS) is 12.7. The molecule has 0 aliphatic rings. The lowest BCUT2D eigenvalue weighted by molar-refractivity contribution is 0.00386. The van der Waals surface area contributed by atoms with Crippen LogP contribution < -0.4 is 0 Å². The molecule has 1 nitrogen and oxygen atoms in total. The lowest BCUT2D eigenvalue weighted by Gasteiger charge is -2.21. The van der Waals surface area contributed by atoms with Gasteiger partial charge in [0.05, 0.1) is 0 Å². The molecule has 0 aromatic rings. The summed E-state index contributed by atoms with van der Waals surface area (Å²) in [5, 5.41) is 8.32. The van der Waals surface area contributed by atoms with Crippen molar-refractivity contribution in [2.45, 2.75) is 26.7 Å². The van der Waals surface area contributed by atoms with Crippen molar-refractivity contribution >= 4 is 0 Å². The van der Waals surface area contributed by atoms with Crippen LogP contribution >= 0.6 is 0 Å². The van der Waals surface area contributed by atoms with Gasteiger partial charge in [-0.3, -0.25) is 0 Å². The number of hydrogen-bond acceptors (Lipinski definition) is 1. The minimum absolute atomic E-state index is 0.157. The van der Waals surface area contributed by atoms with Crippen LogP contribution in [-0.4, -0.2) is 18.1 Å². The van der Waals surface area contributed by atoms with Gasteiger partial charge in [0.2, 0.25) is 6.43 Å². The zero-order valence-corrected chi connectivity index (χ0v) is 5.69. The highest BCUT2D eigenvalue weighted by atomic mass is 19.3. The molecule has 0 saturated carbocycles. The van der Waals surface area contributed by atoms with Gasteiger partial charge in [-0.25, -0.2) is 8.78 Å². The van der Waals surface area contributed by atoms with E-state index in [4.69, 9.17) is 5.11 Å². The van der Waals surface area contributed by atoms with E-state index in [1.807, 2.05) is 0 Å². The highest BCUT2D eigenvalue weighted by molar-refractivity contribution is 4.69. The van der Waals surface area contributed by atoms with Crippen LogP contribution in [0.15, 0.2) is 0 Å². The number of halogens is 2. The monoisotopic (exact) mass is 138 g/mol. The Morgan fingerprint density at radius 2 is 1.89 bits per heavy atom. The number of rotatable bonds is 3. The quantitative estimate of drug-likeness (QED) is 0.628. The molecule has 3 heteroatoms. The molecule has 0 aliphatic heterocycles. The van der Waals surface area contributed by atoms with Gasteiger partial charge >= 0.3 is 0 Å². The van der Waals surface area contributed by atoms with Gasteiger partial charge in [-0.1, -0.05) is 13.8 Å². The van der Waals surface area contributed by atoms with Gasteiger partial charge in [0.25, 0.3) is 0 Å². The summed E-state index contributed by atoms with van der Waals surface area (Å²) in [4.78, 5) is 0. The molecule has 0 radical (unpaired) electrons. The van der Waals surface area contributed by atoms with Gasteiger partial charge in [-0.2, -0.15) is 0 Å². The first-order valence-electron chi connectivity index (χ1n) is 2.89. The van der Waals surface area contributed by atoms with Crippen LogP contribution in [-0.2, 0) is 0 Å². The highest BCUT2D eigenvalue weighted by Gasteiger charge is 2.28. The van der Waals surface area contributed by atoms with Gasteiger partial charge in [0, 0.05) is 12.0 Å². The van der Waals surface area contributed by atoms with E-state index in [1.54, 1.807) is 0 Å². The van der Waals surface area contributed by atoms with E-state index in [1.165, 1.54) is 13.8 Å². The van der Waals surface area contributed by atoms with E-state index in [9.17, 15) is 8.78 Å². The summed E-state index contributed by atoms with van der Waals surface area (Å²) in [5.74, 6) is 0. The van der Waals surface area contributed by atoms with E-state index in [0.29, 0.717) is 0 Å². The van der Waals surface area contributed by atoms with Crippen molar-refractivity contribution in [2.24, 2.45) is 5.41 Å². The van der Waals surface area contributed by atoms with Crippen LogP contribution in [0, 0.1) is 5.41 Å². The molecule has 0 fully saturated rings. The summed E-state index contributed by atoms with van der Waals surface area (Å²) < 4.78 is 23.8. The maximum atomic E-state index is 11.9. The molecule has 0 amide bonds. The van der Waals surface area contributed by atoms with Gasteiger partial charge in [0.1, 0.15) is 0 Å². The molecule has 0 aromatic carbocycles. The lowest BCUT2D eigenvalue weighted by atomic mass is 9.91. The fourth-order valence-corrected chi connectivity index (χ4v) is 0.397. The minimum atomic E-state index is -2.34. The molecule has 1 N–H and O–H groups in total. The number of aliphatic hydroxyl groups is 1. The average Bonchev–Trinajstić information content (AvgIpc) is 1.65. The maximum Gasteiger partial charge on any atom is 0.243 e. The van der Waals surface area contributed by atoms with Crippen LogP contribution in [0.25, 0.3) is 0 Å². The molecule has 0 saturated heterocycles. The van der Waals surface area contributed by atoms with Crippen LogP contribution in [0.1, 0.15) is 20.3 Å². The largest absolute Gasteiger partial charge is 0.396 e. The van der Waals surface area contributed by atoms with Crippen LogP contribution in [0.4, 0.5) is 8.78 Å². The van der Waals surface area contributed by atoms with Crippen molar-refractivity contribution in [3.8, 4) is 0 Å². The molecule has 0 unspecified atom stereocenters. The number of hydrogen-bond donors (Lipinski definition) is 1. The first-order chi connectivity index (χ1) is 4.00. The van der Waals surface area contributed by atoms with Crippen molar-refractivity contribution in [1.29, 1.82) is 0 Å². The zero-order chi connectivity index (χ0) is 7.49. The molecule has 0 aliphatic carbocycles. The molecule has 0 rings (SSSR count). The van der Waals surface area contributed by atoms with Crippen molar-refractivity contribution in [2.75, 3.05) is 6.61 Å². The first-order valence-corrected chi connectivity index (χ1v) is 2.89. The van der Waals surface area contributed by atoms with Gasteiger partial charge < -0.3 is 5.11 Å². The first kappa shape index (κ1) is 8.82. The van der Waals surface area contributed by atoms with Crippen molar-refractivity contribution in [3.63, 3.8) is 0 Å². The summed E-state index contributed by atoms with van der Waals surface area (Å²) in [6.07, 6.45) is -2.19. The van der Waals surface area contributed by atoms with Gasteiger partial charge in [-0.15, -0.1) is 0 Å². The lowest BCUT2D eigenvalue weighted by Crippen LogP contribution is -2.22. The van der Waals surface area contributed by atoms with Crippen LogP contribution in [0.5, 0.6) is 0 Å². The Kier molecular flexibility index (Phi) is 3.04. The molecule has 0 spiro atoms. The van der Waals surface area contributed by atoms with E-state index < -0.39 is 11.8 Å². The fourth-order valence-electron chi connectivity index (χ4n) is 0.397. The Hall–Kier alpha value is -0.180. The molecule has 0 aromatic heterocycles. The summed E-state index contributed by atoms with van der Waals surface area (Å²) in [6, 6.07) is 0. The summed E-state index contributed by atoms with van der Waals surface area (Å²) in [7, 11) is 0. The Morgan fingerprint density at radius 1 is 1.44 bits per heavy atom. The summed E-state index contributed by atoms with van der Waals surface area (Å²) in [6.45, 7) is 2.71. The Labute approximate surface area is 53.7 Å². The average molecular weight is 138 g/mol. The second-order valence-corrected chi connectivity index (χ2v) is 2.76. The molecular weight excluding hydrogens is 126 g/mol. The predicted octanol–water partition coefficient (Wildman–Crippen LogP) is 1.66. The molecule has 0 bridgehead atoms. The minimum Gasteiger partial charge on any atom is -0.396 e.